The standard InChI is InChI=1S/C16H17ClFNO2/c1-9-4-13(14(17)8-15(9)18)16(19)10-5-11(20-2)7-12(6-10)21-3/h4-8,16H,19H2,1-3H3. The molecule has 1 atom stereocenters. The first-order chi connectivity index (χ1) is 9.96. The van der Waals surface area contributed by atoms with Crippen LogP contribution in [0.1, 0.15) is 22.7 Å². The lowest BCUT2D eigenvalue weighted by atomic mass is 9.97. The van der Waals surface area contributed by atoms with E-state index in [4.69, 9.17) is 26.8 Å². The van der Waals surface area contributed by atoms with Crippen molar-refractivity contribution in [2.45, 2.75) is 13.0 Å². The van der Waals surface area contributed by atoms with E-state index in [2.05, 4.69) is 0 Å². The molecule has 0 amide bonds. The van der Waals surface area contributed by atoms with Crippen molar-refractivity contribution in [2.24, 2.45) is 5.73 Å². The maximum Gasteiger partial charge on any atom is 0.127 e. The monoisotopic (exact) mass is 309 g/mol. The molecule has 0 heterocycles. The van der Waals surface area contributed by atoms with Crippen LogP contribution in [0.2, 0.25) is 5.02 Å². The first kappa shape index (κ1) is 15.6. The number of ether oxygens (including phenoxy) is 2. The van der Waals surface area contributed by atoms with E-state index in [9.17, 15) is 4.39 Å². The van der Waals surface area contributed by atoms with E-state index in [0.29, 0.717) is 27.6 Å². The highest BCUT2D eigenvalue weighted by Crippen LogP contribution is 2.32. The van der Waals surface area contributed by atoms with E-state index in [1.165, 1.54) is 6.07 Å². The highest BCUT2D eigenvalue weighted by molar-refractivity contribution is 6.31. The van der Waals surface area contributed by atoms with Crippen LogP contribution in [0.5, 0.6) is 11.5 Å². The van der Waals surface area contributed by atoms with Gasteiger partial charge in [0.15, 0.2) is 0 Å². The van der Waals surface area contributed by atoms with Crippen LogP contribution in [0.25, 0.3) is 0 Å². The van der Waals surface area contributed by atoms with Gasteiger partial charge < -0.3 is 15.2 Å². The Morgan fingerprint density at radius 3 is 2.14 bits per heavy atom. The summed E-state index contributed by atoms with van der Waals surface area (Å²) in [5, 5.41) is 0.299. The molecule has 0 spiro atoms. The molecule has 0 aromatic heterocycles. The summed E-state index contributed by atoms with van der Waals surface area (Å²) < 4.78 is 24.0. The molecule has 1 unspecified atom stereocenters. The highest BCUT2D eigenvalue weighted by atomic mass is 35.5. The van der Waals surface area contributed by atoms with E-state index in [-0.39, 0.29) is 5.82 Å². The molecule has 21 heavy (non-hydrogen) atoms. The predicted octanol–water partition coefficient (Wildman–Crippen LogP) is 3.85. The minimum absolute atomic E-state index is 0.299. The minimum Gasteiger partial charge on any atom is -0.497 e. The Balaban J connectivity index is 2.49. The Bertz CT molecular complexity index is 639. The van der Waals surface area contributed by atoms with Gasteiger partial charge in [0.25, 0.3) is 0 Å². The Morgan fingerprint density at radius 2 is 1.62 bits per heavy atom. The van der Waals surface area contributed by atoms with E-state index < -0.39 is 6.04 Å². The molecule has 0 saturated heterocycles. The molecular formula is C16H17ClFNO2. The Labute approximate surface area is 128 Å². The third-order valence-corrected chi connectivity index (χ3v) is 3.67. The van der Waals surface area contributed by atoms with Crippen LogP contribution in [-0.4, -0.2) is 14.2 Å². The average Bonchev–Trinajstić information content (AvgIpc) is 2.49. The van der Waals surface area contributed by atoms with Gasteiger partial charge in [-0.25, -0.2) is 4.39 Å². The average molecular weight is 310 g/mol. The summed E-state index contributed by atoms with van der Waals surface area (Å²) in [6.07, 6.45) is 0. The highest BCUT2D eigenvalue weighted by Gasteiger charge is 2.16. The zero-order valence-electron chi connectivity index (χ0n) is 12.1. The molecule has 2 aromatic rings. The van der Waals surface area contributed by atoms with Gasteiger partial charge >= 0.3 is 0 Å². The maximum atomic E-state index is 13.5. The van der Waals surface area contributed by atoms with Crippen LogP contribution in [0.3, 0.4) is 0 Å². The van der Waals surface area contributed by atoms with E-state index in [1.807, 2.05) is 12.1 Å². The first-order valence-corrected chi connectivity index (χ1v) is 6.78. The van der Waals surface area contributed by atoms with Crippen molar-refractivity contribution in [1.82, 2.24) is 0 Å². The van der Waals surface area contributed by atoms with Crippen molar-refractivity contribution in [3.63, 3.8) is 0 Å². The largest absolute Gasteiger partial charge is 0.497 e. The lowest BCUT2D eigenvalue weighted by Gasteiger charge is -2.17. The molecule has 2 aromatic carbocycles. The molecular weight excluding hydrogens is 293 g/mol. The lowest BCUT2D eigenvalue weighted by molar-refractivity contribution is 0.393. The summed E-state index contributed by atoms with van der Waals surface area (Å²) in [5.74, 6) is 0.920. The molecule has 112 valence electrons. The molecule has 2 rings (SSSR count). The minimum atomic E-state index is -0.499. The van der Waals surface area contributed by atoms with Gasteiger partial charge in [-0.2, -0.15) is 0 Å². The van der Waals surface area contributed by atoms with Crippen molar-refractivity contribution in [1.29, 1.82) is 0 Å². The summed E-state index contributed by atoms with van der Waals surface area (Å²) >= 11 is 6.11. The van der Waals surface area contributed by atoms with Crippen LogP contribution in [-0.2, 0) is 0 Å². The molecule has 5 heteroatoms. The molecule has 2 N–H and O–H groups in total. The molecule has 0 fully saturated rings. The van der Waals surface area contributed by atoms with Crippen LogP contribution >= 0.6 is 11.6 Å². The van der Waals surface area contributed by atoms with Crippen LogP contribution in [0.15, 0.2) is 30.3 Å². The molecule has 0 aliphatic carbocycles. The topological polar surface area (TPSA) is 44.5 Å². The second-order valence-electron chi connectivity index (χ2n) is 4.75. The Hall–Kier alpha value is -1.78. The summed E-state index contributed by atoms with van der Waals surface area (Å²) in [6, 6.07) is 7.82. The van der Waals surface area contributed by atoms with Crippen molar-refractivity contribution in [2.75, 3.05) is 14.2 Å². The van der Waals surface area contributed by atoms with Crippen molar-refractivity contribution >= 4 is 11.6 Å². The van der Waals surface area contributed by atoms with Gasteiger partial charge in [0.2, 0.25) is 0 Å². The lowest BCUT2D eigenvalue weighted by Crippen LogP contribution is -2.13. The summed E-state index contributed by atoms with van der Waals surface area (Å²) in [6.45, 7) is 1.67. The predicted molar refractivity (Wildman–Crippen MR) is 81.7 cm³/mol. The molecule has 0 bridgehead atoms. The third kappa shape index (κ3) is 3.28. The van der Waals surface area contributed by atoms with Gasteiger partial charge in [0.05, 0.1) is 20.3 Å². The fourth-order valence-electron chi connectivity index (χ4n) is 2.11. The van der Waals surface area contributed by atoms with Gasteiger partial charge in [-0.05, 0) is 47.9 Å². The molecule has 0 aliphatic heterocycles. The number of methoxy groups -OCH3 is 2. The molecule has 0 radical (unpaired) electrons. The molecule has 0 saturated carbocycles. The van der Waals surface area contributed by atoms with Crippen molar-refractivity contribution in [3.05, 3.63) is 57.9 Å². The summed E-state index contributed by atoms with van der Waals surface area (Å²) in [4.78, 5) is 0. The number of halogens is 2. The number of benzene rings is 2. The smallest absolute Gasteiger partial charge is 0.127 e. The SMILES string of the molecule is COc1cc(OC)cc(C(N)c2cc(C)c(F)cc2Cl)c1. The van der Waals surface area contributed by atoms with E-state index >= 15 is 0 Å². The molecule has 3 nitrogen and oxygen atoms in total. The van der Waals surface area contributed by atoms with E-state index in [0.717, 1.165) is 5.56 Å². The second kappa shape index (κ2) is 6.33. The van der Waals surface area contributed by atoms with Crippen molar-refractivity contribution in [3.8, 4) is 11.5 Å². The normalized spacial score (nSPS) is 12.1. The number of nitrogens with two attached hydrogens (primary N) is 1. The van der Waals surface area contributed by atoms with Gasteiger partial charge in [-0.3, -0.25) is 0 Å². The van der Waals surface area contributed by atoms with Gasteiger partial charge in [0, 0.05) is 11.1 Å². The Kier molecular flexibility index (Phi) is 4.70. The number of hydrogen-bond donors (Lipinski definition) is 1. The fraction of sp³-hybridized carbons (Fsp3) is 0.250. The zero-order chi connectivity index (χ0) is 15.6. The van der Waals surface area contributed by atoms with Gasteiger partial charge in [-0.1, -0.05) is 11.6 Å². The van der Waals surface area contributed by atoms with Gasteiger partial charge in [-0.15, -0.1) is 0 Å². The maximum absolute atomic E-state index is 13.5. The molecule has 0 aliphatic rings. The second-order valence-corrected chi connectivity index (χ2v) is 5.15. The van der Waals surface area contributed by atoms with Crippen LogP contribution in [0, 0.1) is 12.7 Å². The van der Waals surface area contributed by atoms with Crippen LogP contribution < -0.4 is 15.2 Å². The third-order valence-electron chi connectivity index (χ3n) is 3.35. The quantitative estimate of drug-likeness (QED) is 0.933. The fourth-order valence-corrected chi connectivity index (χ4v) is 2.37. The number of hydrogen-bond acceptors (Lipinski definition) is 3. The van der Waals surface area contributed by atoms with E-state index in [1.54, 1.807) is 33.3 Å². The zero-order valence-corrected chi connectivity index (χ0v) is 12.9. The number of rotatable bonds is 4. The summed E-state index contributed by atoms with van der Waals surface area (Å²) in [5.41, 5.74) is 8.20. The summed E-state index contributed by atoms with van der Waals surface area (Å²) in [7, 11) is 3.14. The Morgan fingerprint density at radius 1 is 1.05 bits per heavy atom. The van der Waals surface area contributed by atoms with Gasteiger partial charge in [0.1, 0.15) is 17.3 Å². The number of aryl methyl sites for hydroxylation is 1. The first-order valence-electron chi connectivity index (χ1n) is 6.40. The van der Waals surface area contributed by atoms with Crippen LogP contribution in [0.4, 0.5) is 4.39 Å². The van der Waals surface area contributed by atoms with Crippen molar-refractivity contribution < 1.29 is 13.9 Å².